The molecule has 2 rings (SSSR count). The van der Waals surface area contributed by atoms with Gasteiger partial charge in [-0.3, -0.25) is 4.79 Å². The molecule has 0 heterocycles. The van der Waals surface area contributed by atoms with E-state index in [0.717, 1.165) is 11.3 Å². The van der Waals surface area contributed by atoms with E-state index in [-0.39, 0.29) is 11.6 Å². The van der Waals surface area contributed by atoms with Crippen LogP contribution in [-0.4, -0.2) is 25.0 Å². The Morgan fingerprint density at radius 1 is 1.00 bits per heavy atom. The van der Waals surface area contributed by atoms with Gasteiger partial charge in [0.25, 0.3) is 5.91 Å². The number of aryl methyl sites for hydroxylation is 1. The van der Waals surface area contributed by atoms with Gasteiger partial charge in [-0.15, -0.1) is 0 Å². The standard InChI is InChI=1S/C18H20FN3O2/c1-13-6-4-7-14(12-13)22-18(24)21-11-5-10-20-17(23)15-8-2-3-9-16(15)19/h2-4,6-9,12H,5,10-11H2,1H3,(H,20,23)(H2,21,22,24). The number of hydrogen-bond donors (Lipinski definition) is 3. The lowest BCUT2D eigenvalue weighted by molar-refractivity contribution is 0.0949. The molecule has 3 N–H and O–H groups in total. The zero-order valence-corrected chi connectivity index (χ0v) is 13.4. The quantitative estimate of drug-likeness (QED) is 0.713. The van der Waals surface area contributed by atoms with E-state index in [0.29, 0.717) is 19.5 Å². The molecule has 0 aliphatic heterocycles. The van der Waals surface area contributed by atoms with Crippen LogP contribution in [0.15, 0.2) is 48.5 Å². The average molecular weight is 329 g/mol. The number of nitrogens with one attached hydrogen (secondary N) is 3. The lowest BCUT2D eigenvalue weighted by atomic mass is 10.2. The number of amides is 3. The molecule has 5 nitrogen and oxygen atoms in total. The average Bonchev–Trinajstić information content (AvgIpc) is 2.54. The molecule has 0 fully saturated rings. The topological polar surface area (TPSA) is 70.2 Å². The highest BCUT2D eigenvalue weighted by molar-refractivity contribution is 5.94. The molecule has 0 atom stereocenters. The minimum Gasteiger partial charge on any atom is -0.352 e. The predicted molar refractivity (Wildman–Crippen MR) is 91.6 cm³/mol. The van der Waals surface area contributed by atoms with Gasteiger partial charge in [-0.1, -0.05) is 24.3 Å². The number of benzene rings is 2. The number of carbonyl (C=O) groups excluding carboxylic acids is 2. The van der Waals surface area contributed by atoms with Crippen LogP contribution in [0, 0.1) is 12.7 Å². The summed E-state index contributed by atoms with van der Waals surface area (Å²) in [4.78, 5) is 23.5. The van der Waals surface area contributed by atoms with Crippen molar-refractivity contribution < 1.29 is 14.0 Å². The van der Waals surface area contributed by atoms with E-state index in [1.165, 1.54) is 18.2 Å². The molecule has 2 aromatic carbocycles. The first-order valence-electron chi connectivity index (χ1n) is 7.70. The van der Waals surface area contributed by atoms with Crippen LogP contribution >= 0.6 is 0 Å². The predicted octanol–water partition coefficient (Wildman–Crippen LogP) is 3.08. The van der Waals surface area contributed by atoms with Gasteiger partial charge in [0.05, 0.1) is 5.56 Å². The number of rotatable bonds is 6. The maximum Gasteiger partial charge on any atom is 0.319 e. The van der Waals surface area contributed by atoms with Crippen LogP contribution in [0.4, 0.5) is 14.9 Å². The molecule has 2 aromatic rings. The van der Waals surface area contributed by atoms with E-state index in [9.17, 15) is 14.0 Å². The molecule has 0 unspecified atom stereocenters. The van der Waals surface area contributed by atoms with Crippen LogP contribution in [0.5, 0.6) is 0 Å². The van der Waals surface area contributed by atoms with Crippen LogP contribution in [0.2, 0.25) is 0 Å². The first-order chi connectivity index (χ1) is 11.6. The Hall–Kier alpha value is -2.89. The summed E-state index contributed by atoms with van der Waals surface area (Å²) < 4.78 is 13.4. The summed E-state index contributed by atoms with van der Waals surface area (Å²) in [5, 5.41) is 8.05. The van der Waals surface area contributed by atoms with Gasteiger partial charge in [0, 0.05) is 18.8 Å². The third-order valence-electron chi connectivity index (χ3n) is 3.32. The molecule has 0 aliphatic carbocycles. The first-order valence-corrected chi connectivity index (χ1v) is 7.70. The first kappa shape index (κ1) is 17.5. The second-order valence-electron chi connectivity index (χ2n) is 5.34. The summed E-state index contributed by atoms with van der Waals surface area (Å²) in [6, 6.07) is 13.0. The van der Waals surface area contributed by atoms with Gasteiger partial charge in [-0.05, 0) is 43.2 Å². The van der Waals surface area contributed by atoms with Crippen LogP contribution < -0.4 is 16.0 Å². The molecule has 0 aromatic heterocycles. The van der Waals surface area contributed by atoms with Crippen molar-refractivity contribution in [3.8, 4) is 0 Å². The molecule has 0 aliphatic rings. The van der Waals surface area contributed by atoms with Gasteiger partial charge in [0.15, 0.2) is 0 Å². The number of anilines is 1. The van der Waals surface area contributed by atoms with Crippen molar-refractivity contribution in [2.45, 2.75) is 13.3 Å². The fourth-order valence-electron chi connectivity index (χ4n) is 2.13. The maximum atomic E-state index is 13.4. The van der Waals surface area contributed by atoms with Gasteiger partial charge >= 0.3 is 6.03 Å². The molecule has 6 heteroatoms. The third-order valence-corrected chi connectivity index (χ3v) is 3.32. The highest BCUT2D eigenvalue weighted by Crippen LogP contribution is 2.09. The van der Waals surface area contributed by atoms with E-state index in [4.69, 9.17) is 0 Å². The van der Waals surface area contributed by atoms with Gasteiger partial charge in [0.2, 0.25) is 0 Å². The van der Waals surface area contributed by atoms with Gasteiger partial charge < -0.3 is 16.0 Å². The summed E-state index contributed by atoms with van der Waals surface area (Å²) in [7, 11) is 0. The van der Waals surface area contributed by atoms with Crippen LogP contribution in [0.25, 0.3) is 0 Å². The van der Waals surface area contributed by atoms with Crippen molar-refractivity contribution >= 4 is 17.6 Å². The second-order valence-corrected chi connectivity index (χ2v) is 5.34. The van der Waals surface area contributed by atoms with E-state index in [2.05, 4.69) is 16.0 Å². The van der Waals surface area contributed by atoms with E-state index < -0.39 is 11.7 Å². The highest BCUT2D eigenvalue weighted by atomic mass is 19.1. The Balaban J connectivity index is 1.65. The molecule has 0 saturated carbocycles. The van der Waals surface area contributed by atoms with Gasteiger partial charge in [-0.2, -0.15) is 0 Å². The van der Waals surface area contributed by atoms with Gasteiger partial charge in [-0.25, -0.2) is 9.18 Å². The van der Waals surface area contributed by atoms with Crippen LogP contribution in [-0.2, 0) is 0 Å². The molecule has 0 saturated heterocycles. The zero-order valence-electron chi connectivity index (χ0n) is 13.4. The SMILES string of the molecule is Cc1cccc(NC(=O)NCCCNC(=O)c2ccccc2F)c1. The lowest BCUT2D eigenvalue weighted by Crippen LogP contribution is -2.32. The Kier molecular flexibility index (Phi) is 6.31. The third kappa shape index (κ3) is 5.39. The fraction of sp³-hybridized carbons (Fsp3) is 0.222. The Morgan fingerprint density at radius 3 is 2.50 bits per heavy atom. The van der Waals surface area contributed by atoms with Crippen molar-refractivity contribution in [1.29, 1.82) is 0 Å². The molecule has 24 heavy (non-hydrogen) atoms. The molecule has 0 bridgehead atoms. The Bertz CT molecular complexity index is 719. The van der Waals surface area contributed by atoms with E-state index in [1.807, 2.05) is 25.1 Å². The Labute approximate surface area is 140 Å². The second kappa shape index (κ2) is 8.67. The van der Waals surface area contributed by atoms with Crippen LogP contribution in [0.3, 0.4) is 0 Å². The summed E-state index contributed by atoms with van der Waals surface area (Å²) in [5.41, 5.74) is 1.80. The van der Waals surface area contributed by atoms with Crippen molar-refractivity contribution in [3.63, 3.8) is 0 Å². The fourth-order valence-corrected chi connectivity index (χ4v) is 2.13. The monoisotopic (exact) mass is 329 g/mol. The summed E-state index contributed by atoms with van der Waals surface area (Å²) in [6.07, 6.45) is 0.543. The number of halogens is 1. The molecule has 126 valence electrons. The number of carbonyl (C=O) groups is 2. The number of hydrogen-bond acceptors (Lipinski definition) is 2. The minimum absolute atomic E-state index is 0.0163. The largest absolute Gasteiger partial charge is 0.352 e. The summed E-state index contributed by atoms with van der Waals surface area (Å²) in [5.74, 6) is -1.01. The Morgan fingerprint density at radius 2 is 1.75 bits per heavy atom. The maximum absolute atomic E-state index is 13.4. The smallest absolute Gasteiger partial charge is 0.319 e. The molecular weight excluding hydrogens is 309 g/mol. The van der Waals surface area contributed by atoms with E-state index >= 15 is 0 Å². The summed E-state index contributed by atoms with van der Waals surface area (Å²) >= 11 is 0. The molecular formula is C18H20FN3O2. The highest BCUT2D eigenvalue weighted by Gasteiger charge is 2.09. The lowest BCUT2D eigenvalue weighted by Gasteiger charge is -2.09. The van der Waals surface area contributed by atoms with Crippen LogP contribution in [0.1, 0.15) is 22.3 Å². The molecule has 3 amide bonds. The molecule has 0 spiro atoms. The molecule has 0 radical (unpaired) electrons. The van der Waals surface area contributed by atoms with Crippen molar-refractivity contribution in [2.75, 3.05) is 18.4 Å². The van der Waals surface area contributed by atoms with Gasteiger partial charge in [0.1, 0.15) is 5.82 Å². The van der Waals surface area contributed by atoms with Crippen molar-refractivity contribution in [3.05, 3.63) is 65.5 Å². The normalized spacial score (nSPS) is 10.1. The van der Waals surface area contributed by atoms with Crippen molar-refractivity contribution in [2.24, 2.45) is 0 Å². The minimum atomic E-state index is -0.550. The summed E-state index contributed by atoms with van der Waals surface area (Å²) in [6.45, 7) is 2.69. The zero-order chi connectivity index (χ0) is 17.4. The van der Waals surface area contributed by atoms with Crippen molar-refractivity contribution in [1.82, 2.24) is 10.6 Å². The number of urea groups is 1. The van der Waals surface area contributed by atoms with E-state index in [1.54, 1.807) is 12.1 Å².